The molecule has 0 saturated heterocycles. The lowest BCUT2D eigenvalue weighted by molar-refractivity contribution is -0.109. The molecular weight excluding hydrogens is 294 g/mol. The van der Waals surface area contributed by atoms with Gasteiger partial charge in [0.1, 0.15) is 5.56 Å². The van der Waals surface area contributed by atoms with Crippen LogP contribution in [0.3, 0.4) is 0 Å². The molecule has 0 atom stereocenters. The van der Waals surface area contributed by atoms with Crippen LogP contribution in [0, 0.1) is 6.92 Å². The van der Waals surface area contributed by atoms with Gasteiger partial charge in [-0.25, -0.2) is 4.79 Å². The van der Waals surface area contributed by atoms with Gasteiger partial charge in [-0.2, -0.15) is 0 Å². The maximum Gasteiger partial charge on any atom is 0.343 e. The summed E-state index contributed by atoms with van der Waals surface area (Å²) in [6, 6.07) is 7.49. The minimum atomic E-state index is -0.629. The molecular formula is C18H15NO4. The maximum atomic E-state index is 12.2. The topological polar surface area (TPSA) is 79.4 Å². The smallest absolute Gasteiger partial charge is 0.343 e. The Kier molecular flexibility index (Phi) is 3.62. The molecule has 1 aromatic carbocycles. The molecule has 0 fully saturated rings. The predicted octanol–water partition coefficient (Wildman–Crippen LogP) is 2.95. The fourth-order valence-electron chi connectivity index (χ4n) is 2.66. The van der Waals surface area contributed by atoms with Gasteiger partial charge in [0.05, 0.1) is 12.8 Å². The molecule has 1 aliphatic rings. The molecule has 0 radical (unpaired) electrons. The average molecular weight is 309 g/mol. The van der Waals surface area contributed by atoms with Crippen LogP contribution in [0.5, 0.6) is 5.75 Å². The number of aromatic hydroxyl groups is 1. The zero-order valence-corrected chi connectivity index (χ0v) is 12.7. The summed E-state index contributed by atoms with van der Waals surface area (Å²) in [6.07, 6.45) is 4.80. The molecule has 3 rings (SSSR count). The Morgan fingerprint density at radius 2 is 2.00 bits per heavy atom. The number of H-pyrrole nitrogens is 1. The first kappa shape index (κ1) is 14.8. The van der Waals surface area contributed by atoms with Gasteiger partial charge in [0, 0.05) is 11.3 Å². The molecule has 0 spiro atoms. The Bertz CT molecular complexity index is 871. The second-order valence-corrected chi connectivity index (χ2v) is 5.22. The Hall–Kier alpha value is -3.08. The van der Waals surface area contributed by atoms with Crippen molar-refractivity contribution in [2.24, 2.45) is 0 Å². The molecule has 0 saturated carbocycles. The number of hydrogen-bond donors (Lipinski definition) is 2. The molecule has 0 amide bonds. The Morgan fingerprint density at radius 3 is 2.74 bits per heavy atom. The van der Waals surface area contributed by atoms with Gasteiger partial charge in [0.25, 0.3) is 0 Å². The van der Waals surface area contributed by atoms with Gasteiger partial charge in [-0.05, 0) is 30.2 Å². The molecule has 1 aliphatic carbocycles. The number of carbonyl (C=O) groups excluding carboxylic acids is 2. The van der Waals surface area contributed by atoms with E-state index in [-0.39, 0.29) is 17.1 Å². The zero-order valence-electron chi connectivity index (χ0n) is 12.7. The highest BCUT2D eigenvalue weighted by Gasteiger charge is 2.23. The van der Waals surface area contributed by atoms with Crippen LogP contribution in [0.1, 0.15) is 32.9 Å². The standard InChI is InChI=1S/C18H15NO4/c1-10-16(18(22)23-2)17(21)14(19-10)9-13-12-6-4-3-5-11(12)7-8-15(13)20/h3-9,19,21H,1-2H3/b13-9-. The van der Waals surface area contributed by atoms with Gasteiger partial charge in [0.2, 0.25) is 0 Å². The van der Waals surface area contributed by atoms with Crippen LogP contribution in [0.15, 0.2) is 30.3 Å². The van der Waals surface area contributed by atoms with E-state index < -0.39 is 5.97 Å². The number of fused-ring (bicyclic) bond motifs is 1. The van der Waals surface area contributed by atoms with Crippen molar-refractivity contribution < 1.29 is 19.4 Å². The molecule has 0 unspecified atom stereocenters. The van der Waals surface area contributed by atoms with Crippen molar-refractivity contribution in [3.8, 4) is 5.75 Å². The van der Waals surface area contributed by atoms with Crippen molar-refractivity contribution in [1.82, 2.24) is 4.98 Å². The van der Waals surface area contributed by atoms with E-state index in [1.807, 2.05) is 24.3 Å². The molecule has 0 bridgehead atoms. The van der Waals surface area contributed by atoms with Crippen molar-refractivity contribution in [3.05, 3.63) is 58.4 Å². The van der Waals surface area contributed by atoms with Crippen molar-refractivity contribution >= 4 is 29.5 Å². The van der Waals surface area contributed by atoms with E-state index in [0.717, 1.165) is 11.1 Å². The van der Waals surface area contributed by atoms with E-state index in [1.165, 1.54) is 13.2 Å². The Balaban J connectivity index is 2.14. The molecule has 1 heterocycles. The molecule has 2 aromatic rings. The molecule has 23 heavy (non-hydrogen) atoms. The fourth-order valence-corrected chi connectivity index (χ4v) is 2.66. The van der Waals surface area contributed by atoms with Crippen LogP contribution in [0.4, 0.5) is 0 Å². The summed E-state index contributed by atoms with van der Waals surface area (Å²) in [5, 5.41) is 10.3. The van der Waals surface area contributed by atoms with Crippen LogP contribution in [-0.4, -0.2) is 29.0 Å². The Morgan fingerprint density at radius 1 is 1.26 bits per heavy atom. The summed E-state index contributed by atoms with van der Waals surface area (Å²) >= 11 is 0. The number of aromatic nitrogens is 1. The summed E-state index contributed by atoms with van der Waals surface area (Å²) < 4.78 is 4.66. The number of ketones is 1. The third-order valence-electron chi connectivity index (χ3n) is 3.80. The number of allylic oxidation sites excluding steroid dienone is 2. The van der Waals surface area contributed by atoms with Gasteiger partial charge >= 0.3 is 5.97 Å². The highest BCUT2D eigenvalue weighted by atomic mass is 16.5. The van der Waals surface area contributed by atoms with Crippen molar-refractivity contribution in [2.75, 3.05) is 7.11 Å². The largest absolute Gasteiger partial charge is 0.505 e. The lowest BCUT2D eigenvalue weighted by atomic mass is 9.91. The molecule has 5 heteroatoms. The predicted molar refractivity (Wildman–Crippen MR) is 86.9 cm³/mol. The number of carbonyl (C=O) groups is 2. The minimum absolute atomic E-state index is 0.0754. The number of methoxy groups -OCH3 is 1. The van der Waals surface area contributed by atoms with Gasteiger partial charge in [-0.3, -0.25) is 4.79 Å². The van der Waals surface area contributed by atoms with Crippen molar-refractivity contribution in [3.63, 3.8) is 0 Å². The highest BCUT2D eigenvalue weighted by molar-refractivity contribution is 6.33. The lowest BCUT2D eigenvalue weighted by Crippen LogP contribution is -2.04. The first-order chi connectivity index (χ1) is 11.0. The monoisotopic (exact) mass is 309 g/mol. The van der Waals surface area contributed by atoms with Crippen LogP contribution < -0.4 is 0 Å². The SMILES string of the molecule is COC(=O)c1c(C)[nH]c(/C=C2\C(=O)C=Cc3ccccc32)c1O. The average Bonchev–Trinajstić information content (AvgIpc) is 2.83. The summed E-state index contributed by atoms with van der Waals surface area (Å²) in [5.74, 6) is -1.01. The zero-order chi connectivity index (χ0) is 16.6. The van der Waals surface area contributed by atoms with E-state index in [0.29, 0.717) is 17.0 Å². The number of ether oxygens (including phenoxy) is 1. The van der Waals surface area contributed by atoms with Crippen LogP contribution in [-0.2, 0) is 9.53 Å². The number of hydrogen-bond acceptors (Lipinski definition) is 4. The van der Waals surface area contributed by atoms with Gasteiger partial charge in [0.15, 0.2) is 11.5 Å². The molecule has 1 aromatic heterocycles. The third-order valence-corrected chi connectivity index (χ3v) is 3.80. The molecule has 116 valence electrons. The second-order valence-electron chi connectivity index (χ2n) is 5.22. The fraction of sp³-hybridized carbons (Fsp3) is 0.111. The maximum absolute atomic E-state index is 12.2. The van der Waals surface area contributed by atoms with Crippen LogP contribution in [0.2, 0.25) is 0 Å². The first-order valence-electron chi connectivity index (χ1n) is 7.06. The van der Waals surface area contributed by atoms with Gasteiger partial charge in [-0.15, -0.1) is 0 Å². The number of rotatable bonds is 2. The quantitative estimate of drug-likeness (QED) is 0.660. The number of aryl methyl sites for hydroxylation is 1. The van der Waals surface area contributed by atoms with E-state index in [1.54, 1.807) is 19.1 Å². The number of esters is 1. The van der Waals surface area contributed by atoms with E-state index in [2.05, 4.69) is 9.72 Å². The Labute approximate surface area is 132 Å². The molecule has 5 nitrogen and oxygen atoms in total. The summed E-state index contributed by atoms with van der Waals surface area (Å²) in [5.41, 5.74) is 3.02. The highest BCUT2D eigenvalue weighted by Crippen LogP contribution is 2.33. The van der Waals surface area contributed by atoms with Gasteiger partial charge in [-0.1, -0.05) is 30.3 Å². The van der Waals surface area contributed by atoms with E-state index in [9.17, 15) is 14.7 Å². The summed E-state index contributed by atoms with van der Waals surface area (Å²) in [7, 11) is 1.25. The minimum Gasteiger partial charge on any atom is -0.505 e. The van der Waals surface area contributed by atoms with E-state index >= 15 is 0 Å². The van der Waals surface area contributed by atoms with Crippen LogP contribution >= 0.6 is 0 Å². The molecule has 0 aliphatic heterocycles. The number of benzene rings is 1. The first-order valence-corrected chi connectivity index (χ1v) is 7.06. The number of aromatic amines is 1. The summed E-state index contributed by atoms with van der Waals surface area (Å²) in [4.78, 5) is 26.9. The van der Waals surface area contributed by atoms with E-state index in [4.69, 9.17) is 0 Å². The van der Waals surface area contributed by atoms with Crippen molar-refractivity contribution in [1.29, 1.82) is 0 Å². The second kappa shape index (κ2) is 5.61. The van der Waals surface area contributed by atoms with Crippen molar-refractivity contribution in [2.45, 2.75) is 6.92 Å². The lowest BCUT2D eigenvalue weighted by Gasteiger charge is -2.12. The van der Waals surface area contributed by atoms with Gasteiger partial charge < -0.3 is 14.8 Å². The summed E-state index contributed by atoms with van der Waals surface area (Å²) in [6.45, 7) is 1.66. The van der Waals surface area contributed by atoms with Crippen LogP contribution in [0.25, 0.3) is 17.7 Å². The third kappa shape index (κ3) is 2.46. The molecule has 2 N–H and O–H groups in total. The normalized spacial score (nSPS) is 14.9. The number of nitrogens with one attached hydrogen (secondary N) is 1.